The Bertz CT molecular complexity index is 516. The van der Waals surface area contributed by atoms with Crippen LogP contribution >= 0.6 is 0 Å². The first kappa shape index (κ1) is 16.7. The van der Waals surface area contributed by atoms with Crippen molar-refractivity contribution in [3.05, 3.63) is 28.3 Å². The van der Waals surface area contributed by atoms with Gasteiger partial charge in [0.15, 0.2) is 6.61 Å². The Morgan fingerprint density at radius 1 is 1.38 bits per heavy atom. The summed E-state index contributed by atoms with van der Waals surface area (Å²) in [5.41, 5.74) is -0.150. The van der Waals surface area contributed by atoms with Gasteiger partial charge in [-0.1, -0.05) is 13.8 Å². The topological polar surface area (TPSA) is 90.7 Å². The number of ether oxygens (including phenoxy) is 2. The molecule has 0 unspecified atom stereocenters. The van der Waals surface area contributed by atoms with Crippen LogP contribution in [0.15, 0.2) is 18.2 Å². The standard InChI is InChI=1S/C14H20N2O5/c1-9(2)10(3)15-14(17)8-21-11-5-6-12(16(18)19)13(7-11)20-4/h5-7,9-10H,8H2,1-4H3,(H,15,17)/t10-/m1/s1. The summed E-state index contributed by atoms with van der Waals surface area (Å²) in [6.07, 6.45) is 0. The van der Waals surface area contributed by atoms with Crippen molar-refractivity contribution in [1.29, 1.82) is 0 Å². The molecule has 0 saturated heterocycles. The number of benzene rings is 1. The normalized spacial score (nSPS) is 11.9. The number of hydrogen-bond acceptors (Lipinski definition) is 5. The van der Waals surface area contributed by atoms with Gasteiger partial charge in [0.05, 0.1) is 12.0 Å². The fourth-order valence-electron chi connectivity index (χ4n) is 1.51. The second kappa shape index (κ2) is 7.47. The summed E-state index contributed by atoms with van der Waals surface area (Å²) in [4.78, 5) is 21.9. The highest BCUT2D eigenvalue weighted by molar-refractivity contribution is 5.77. The number of amides is 1. The van der Waals surface area contributed by atoms with E-state index in [-0.39, 0.29) is 30.0 Å². The van der Waals surface area contributed by atoms with Crippen LogP contribution in [0.5, 0.6) is 11.5 Å². The summed E-state index contributed by atoms with van der Waals surface area (Å²) in [6.45, 7) is 5.77. The Kier molecular flexibility index (Phi) is 5.95. The van der Waals surface area contributed by atoms with Gasteiger partial charge in [-0.2, -0.15) is 0 Å². The molecule has 1 N–H and O–H groups in total. The molecule has 0 aliphatic rings. The minimum atomic E-state index is -0.542. The smallest absolute Gasteiger partial charge is 0.311 e. The number of carbonyl (C=O) groups excluding carboxylic acids is 1. The van der Waals surface area contributed by atoms with Crippen LogP contribution in [0.1, 0.15) is 20.8 Å². The van der Waals surface area contributed by atoms with Crippen molar-refractivity contribution in [2.75, 3.05) is 13.7 Å². The maximum atomic E-state index is 11.7. The zero-order chi connectivity index (χ0) is 16.0. The summed E-state index contributed by atoms with van der Waals surface area (Å²) >= 11 is 0. The van der Waals surface area contributed by atoms with E-state index in [0.717, 1.165) is 0 Å². The number of rotatable bonds is 7. The molecule has 1 rings (SSSR count). The monoisotopic (exact) mass is 296 g/mol. The maximum Gasteiger partial charge on any atom is 0.311 e. The SMILES string of the molecule is COc1cc(OCC(=O)N[C@H](C)C(C)C)ccc1[N+](=O)[O-]. The molecule has 0 fully saturated rings. The van der Waals surface area contributed by atoms with Crippen LogP contribution in [0.2, 0.25) is 0 Å². The first-order valence-corrected chi connectivity index (χ1v) is 6.59. The van der Waals surface area contributed by atoms with Gasteiger partial charge in [-0.3, -0.25) is 14.9 Å². The number of nitrogens with zero attached hydrogens (tertiary/aromatic N) is 1. The molecule has 1 amide bonds. The summed E-state index contributed by atoms with van der Waals surface area (Å²) in [6, 6.07) is 4.15. The van der Waals surface area contributed by atoms with Gasteiger partial charge in [0.1, 0.15) is 5.75 Å². The first-order chi connectivity index (χ1) is 9.85. The van der Waals surface area contributed by atoms with E-state index >= 15 is 0 Å². The Balaban J connectivity index is 2.64. The van der Waals surface area contributed by atoms with Gasteiger partial charge in [-0.15, -0.1) is 0 Å². The van der Waals surface area contributed by atoms with Gasteiger partial charge >= 0.3 is 5.69 Å². The van der Waals surface area contributed by atoms with Crippen molar-refractivity contribution < 1.29 is 19.2 Å². The molecule has 0 aliphatic heterocycles. The van der Waals surface area contributed by atoms with Crippen molar-refractivity contribution in [2.45, 2.75) is 26.8 Å². The van der Waals surface area contributed by atoms with Gasteiger partial charge in [0.25, 0.3) is 5.91 Å². The second-order valence-corrected chi connectivity index (χ2v) is 4.98. The third kappa shape index (κ3) is 4.94. The Morgan fingerprint density at radius 3 is 2.57 bits per heavy atom. The van der Waals surface area contributed by atoms with Gasteiger partial charge in [-0.05, 0) is 18.9 Å². The third-order valence-corrected chi connectivity index (χ3v) is 3.11. The third-order valence-electron chi connectivity index (χ3n) is 3.11. The predicted molar refractivity (Wildman–Crippen MR) is 77.6 cm³/mol. The van der Waals surface area contributed by atoms with Crippen molar-refractivity contribution in [1.82, 2.24) is 5.32 Å². The molecule has 0 spiro atoms. The molecule has 0 bridgehead atoms. The van der Waals surface area contributed by atoms with E-state index in [1.54, 1.807) is 0 Å². The van der Waals surface area contributed by atoms with Gasteiger partial charge in [0.2, 0.25) is 5.75 Å². The van der Waals surface area contributed by atoms with Crippen LogP contribution in [-0.4, -0.2) is 30.6 Å². The zero-order valence-electron chi connectivity index (χ0n) is 12.6. The van der Waals surface area contributed by atoms with E-state index < -0.39 is 4.92 Å². The maximum absolute atomic E-state index is 11.7. The second-order valence-electron chi connectivity index (χ2n) is 4.98. The highest BCUT2D eigenvalue weighted by Gasteiger charge is 2.16. The lowest BCUT2D eigenvalue weighted by atomic mass is 10.1. The quantitative estimate of drug-likeness (QED) is 0.615. The van der Waals surface area contributed by atoms with Crippen LogP contribution in [0.3, 0.4) is 0 Å². The van der Waals surface area contributed by atoms with E-state index in [9.17, 15) is 14.9 Å². The Labute approximate surface area is 123 Å². The highest BCUT2D eigenvalue weighted by Crippen LogP contribution is 2.30. The number of nitrogens with one attached hydrogen (secondary N) is 1. The predicted octanol–water partition coefficient (Wildman–Crippen LogP) is 2.14. The number of methoxy groups -OCH3 is 1. The van der Waals surface area contributed by atoms with Crippen molar-refractivity contribution in [3.63, 3.8) is 0 Å². The van der Waals surface area contributed by atoms with E-state index in [4.69, 9.17) is 9.47 Å². The zero-order valence-corrected chi connectivity index (χ0v) is 12.6. The number of hydrogen-bond donors (Lipinski definition) is 1. The fourth-order valence-corrected chi connectivity index (χ4v) is 1.51. The van der Waals surface area contributed by atoms with E-state index in [1.807, 2.05) is 20.8 Å². The van der Waals surface area contributed by atoms with E-state index in [0.29, 0.717) is 11.7 Å². The lowest BCUT2D eigenvalue weighted by molar-refractivity contribution is -0.385. The van der Waals surface area contributed by atoms with Crippen LogP contribution in [0.25, 0.3) is 0 Å². The number of nitro groups is 1. The lowest BCUT2D eigenvalue weighted by Crippen LogP contribution is -2.38. The summed E-state index contributed by atoms with van der Waals surface area (Å²) in [7, 11) is 1.34. The van der Waals surface area contributed by atoms with Crippen molar-refractivity contribution >= 4 is 11.6 Å². The molecule has 0 radical (unpaired) electrons. The summed E-state index contributed by atoms with van der Waals surface area (Å²) in [5.74, 6) is 0.514. The molecule has 21 heavy (non-hydrogen) atoms. The average molecular weight is 296 g/mol. The molecule has 0 heterocycles. The minimum Gasteiger partial charge on any atom is -0.490 e. The Morgan fingerprint density at radius 2 is 2.05 bits per heavy atom. The van der Waals surface area contributed by atoms with E-state index in [1.165, 1.54) is 25.3 Å². The largest absolute Gasteiger partial charge is 0.490 e. The molecule has 1 atom stereocenters. The molecule has 7 heteroatoms. The lowest BCUT2D eigenvalue weighted by Gasteiger charge is -2.17. The summed E-state index contributed by atoms with van der Waals surface area (Å²) < 4.78 is 10.2. The molecular formula is C14H20N2O5. The van der Waals surface area contributed by atoms with Crippen LogP contribution in [-0.2, 0) is 4.79 Å². The van der Waals surface area contributed by atoms with Crippen LogP contribution in [0, 0.1) is 16.0 Å². The number of nitro benzene ring substituents is 1. The summed E-state index contributed by atoms with van der Waals surface area (Å²) in [5, 5.41) is 13.6. The van der Waals surface area contributed by atoms with Crippen molar-refractivity contribution in [2.24, 2.45) is 5.92 Å². The van der Waals surface area contributed by atoms with E-state index in [2.05, 4.69) is 5.32 Å². The molecule has 7 nitrogen and oxygen atoms in total. The van der Waals surface area contributed by atoms with Crippen LogP contribution < -0.4 is 14.8 Å². The molecule has 116 valence electrons. The highest BCUT2D eigenvalue weighted by atomic mass is 16.6. The Hall–Kier alpha value is -2.31. The molecule has 0 aliphatic carbocycles. The average Bonchev–Trinajstić information content (AvgIpc) is 2.44. The minimum absolute atomic E-state index is 0.0486. The molecule has 0 aromatic heterocycles. The van der Waals surface area contributed by atoms with Crippen LogP contribution in [0.4, 0.5) is 5.69 Å². The van der Waals surface area contributed by atoms with Gasteiger partial charge < -0.3 is 14.8 Å². The molecule has 1 aromatic carbocycles. The first-order valence-electron chi connectivity index (χ1n) is 6.59. The van der Waals surface area contributed by atoms with Gasteiger partial charge in [-0.25, -0.2) is 0 Å². The molecular weight excluding hydrogens is 276 g/mol. The molecule has 1 aromatic rings. The number of carbonyl (C=O) groups is 1. The van der Waals surface area contributed by atoms with Crippen molar-refractivity contribution in [3.8, 4) is 11.5 Å². The fraction of sp³-hybridized carbons (Fsp3) is 0.500. The van der Waals surface area contributed by atoms with Gasteiger partial charge in [0, 0.05) is 18.2 Å². The molecule has 0 saturated carbocycles.